The summed E-state index contributed by atoms with van der Waals surface area (Å²) in [6.07, 6.45) is 1.33. The lowest BCUT2D eigenvalue weighted by atomic mass is 9.81. The number of carbonyl (C=O) groups is 10. The fraction of sp³-hybridized carbons (Fsp3) is 0.385. The number of pyridine rings is 2. The van der Waals surface area contributed by atoms with Gasteiger partial charge in [0, 0.05) is 47.7 Å². The number of carboxylic acids is 1. The van der Waals surface area contributed by atoms with Crippen molar-refractivity contribution < 1.29 is 72.0 Å². The average molecular weight is 1080 g/mol. The number of aliphatic hydroxyl groups is 1. The Morgan fingerprint density at radius 1 is 0.872 bits per heavy atom. The zero-order valence-electron chi connectivity index (χ0n) is 42.4. The largest absolute Gasteiger partial charge is 0.480 e. The Labute approximate surface area is 442 Å². The molecule has 2 aromatic carbocycles. The Kier molecular flexibility index (Phi) is 16.5. The minimum atomic E-state index is -2.07. The number of nitrogens with one attached hydrogen (secondary N) is 7. The average Bonchev–Trinajstić information content (AvgIpc) is 4.15. The number of cyclic esters (lactones) is 1. The highest BCUT2D eigenvalue weighted by molar-refractivity contribution is 6.15. The van der Waals surface area contributed by atoms with E-state index in [2.05, 4.69) is 37.2 Å². The van der Waals surface area contributed by atoms with Crippen LogP contribution in [0.5, 0.6) is 0 Å². The number of hydrogen-bond acceptors (Lipinski definition) is 16. The number of hydrogen-bond donors (Lipinski definition) is 9. The molecular weight excluding hydrogens is 1020 g/mol. The van der Waals surface area contributed by atoms with E-state index in [1.807, 2.05) is 0 Å². The molecule has 5 atom stereocenters. The lowest BCUT2D eigenvalue weighted by Gasteiger charge is -2.31. The number of fused-ring (bicyclic) bond motifs is 5. The van der Waals surface area contributed by atoms with Gasteiger partial charge in [0.15, 0.2) is 5.60 Å². The van der Waals surface area contributed by atoms with Gasteiger partial charge in [0.1, 0.15) is 37.3 Å². The van der Waals surface area contributed by atoms with Gasteiger partial charge in [-0.25, -0.2) is 14.2 Å². The number of carbonyl (C=O) groups excluding carboxylic acids is 9. The van der Waals surface area contributed by atoms with Crippen molar-refractivity contribution in [3.63, 3.8) is 0 Å². The molecule has 0 bridgehead atoms. The number of rotatable bonds is 22. The van der Waals surface area contributed by atoms with E-state index in [-0.39, 0.29) is 42.6 Å². The number of esters is 1. The third-order valence-corrected chi connectivity index (χ3v) is 14.0. The fourth-order valence-electron chi connectivity index (χ4n) is 9.83. The van der Waals surface area contributed by atoms with Crippen LogP contribution in [-0.4, -0.2) is 142 Å². The Bertz CT molecular complexity index is 3260. The first kappa shape index (κ1) is 55.5. The maximum atomic E-state index is 15.4. The molecule has 0 spiro atoms. The second kappa shape index (κ2) is 23.2. The van der Waals surface area contributed by atoms with Crippen molar-refractivity contribution in [2.75, 3.05) is 39.5 Å². The number of amides is 8. The second-order valence-corrected chi connectivity index (χ2v) is 18.9. The Balaban J connectivity index is 0.848. The standard InChI is InChI=1S/C52H55FN10O15/c1-4-52(76)31-15-36-46-29(22-62(36)50(74)30(31)23-77-51(52)75)45-33(11-10-28-25(2)32(53)16-34(60-46)44(28)45)61-47(71)26(3)78-24-58-39(65)19-56-48(72)35(14-27-8-6-5-7-9-27)59-40(66)20-55-38(64)18-57-49(73)37(17-54-21-43(69)70)63-41(67)12-13-42(63)68/h5-9,12-13,15-16,26,33,35,37,54,76H,4,10-11,14,17-24H2,1-3H3,(H,55,64)(H,56,72)(H,57,73)(H,58,65)(H,59,66)(H,61,71)(H,69,70)/t26-,33-,35-,37-,52-/m0/s1. The van der Waals surface area contributed by atoms with Crippen LogP contribution < -0.4 is 42.8 Å². The van der Waals surface area contributed by atoms with Gasteiger partial charge in [-0.05, 0) is 61.4 Å². The third kappa shape index (κ3) is 11.5. The maximum Gasteiger partial charge on any atom is 0.343 e. The molecule has 5 heterocycles. The molecule has 0 saturated carbocycles. The monoisotopic (exact) mass is 1080 g/mol. The van der Waals surface area contributed by atoms with Gasteiger partial charge in [-0.3, -0.25) is 52.8 Å². The number of ether oxygens (including phenoxy) is 2. The van der Waals surface area contributed by atoms with E-state index in [0.717, 1.165) is 12.2 Å². The summed E-state index contributed by atoms with van der Waals surface area (Å²) < 4.78 is 27.8. The highest BCUT2D eigenvalue weighted by atomic mass is 19.1. The molecule has 1 aliphatic carbocycles. The van der Waals surface area contributed by atoms with Gasteiger partial charge < -0.3 is 61.5 Å². The zero-order chi connectivity index (χ0) is 56.2. The summed E-state index contributed by atoms with van der Waals surface area (Å²) in [6.45, 7) is 0.932. The van der Waals surface area contributed by atoms with E-state index in [1.165, 1.54) is 17.6 Å². The number of aliphatic carboxylic acids is 1. The van der Waals surface area contributed by atoms with Crippen molar-refractivity contribution in [3.8, 4) is 11.4 Å². The summed E-state index contributed by atoms with van der Waals surface area (Å²) in [6, 6.07) is 7.96. The number of benzene rings is 2. The first-order chi connectivity index (χ1) is 37.2. The number of halogens is 1. The van der Waals surface area contributed by atoms with Gasteiger partial charge in [0.05, 0.1) is 61.2 Å². The molecule has 0 unspecified atom stereocenters. The number of aryl methyl sites for hydroxylation is 1. The van der Waals surface area contributed by atoms with Gasteiger partial charge in [-0.15, -0.1) is 0 Å². The molecule has 4 aliphatic rings. The summed E-state index contributed by atoms with van der Waals surface area (Å²) in [5.74, 6) is -9.02. The predicted octanol–water partition coefficient (Wildman–Crippen LogP) is -1.85. The fourth-order valence-corrected chi connectivity index (χ4v) is 9.83. The molecule has 2 aromatic heterocycles. The number of aromatic nitrogens is 2. The topological polar surface area (TPSA) is 352 Å². The van der Waals surface area contributed by atoms with Gasteiger partial charge in [0.25, 0.3) is 17.4 Å². The zero-order valence-corrected chi connectivity index (χ0v) is 42.4. The van der Waals surface area contributed by atoms with E-state index in [4.69, 9.17) is 19.6 Å². The lowest BCUT2D eigenvalue weighted by Crippen LogP contribution is -2.56. The van der Waals surface area contributed by atoms with Gasteiger partial charge in [-0.1, -0.05) is 37.3 Å². The van der Waals surface area contributed by atoms with E-state index >= 15 is 4.39 Å². The predicted molar refractivity (Wildman–Crippen MR) is 268 cm³/mol. The summed E-state index contributed by atoms with van der Waals surface area (Å²) in [5.41, 5.74) is 1.58. The van der Waals surface area contributed by atoms with Crippen molar-refractivity contribution in [1.82, 2.24) is 51.7 Å². The van der Waals surface area contributed by atoms with Crippen molar-refractivity contribution in [2.24, 2.45) is 0 Å². The molecule has 3 aliphatic heterocycles. The number of nitrogens with zero attached hydrogens (tertiary/aromatic N) is 3. The quantitative estimate of drug-likeness (QED) is 0.0209. The molecule has 9 N–H and O–H groups in total. The molecule has 4 aromatic rings. The van der Waals surface area contributed by atoms with E-state index in [0.29, 0.717) is 62.3 Å². The smallest absolute Gasteiger partial charge is 0.343 e. The van der Waals surface area contributed by atoms with Crippen molar-refractivity contribution >= 4 is 70.1 Å². The summed E-state index contributed by atoms with van der Waals surface area (Å²) in [5, 5.41) is 38.4. The molecule has 25 nitrogen and oxygen atoms in total. The van der Waals surface area contributed by atoms with E-state index < -0.39 is 140 Å². The van der Waals surface area contributed by atoms with Gasteiger partial charge in [0.2, 0.25) is 35.4 Å². The van der Waals surface area contributed by atoms with Crippen molar-refractivity contribution in [3.05, 3.63) is 110 Å². The van der Waals surface area contributed by atoms with E-state index in [9.17, 15) is 57.8 Å². The highest BCUT2D eigenvalue weighted by Crippen LogP contribution is 2.46. The van der Waals surface area contributed by atoms with Crippen LogP contribution in [0.3, 0.4) is 0 Å². The summed E-state index contributed by atoms with van der Waals surface area (Å²) >= 11 is 0. The molecule has 410 valence electrons. The molecule has 78 heavy (non-hydrogen) atoms. The lowest BCUT2D eigenvalue weighted by molar-refractivity contribution is -0.172. The van der Waals surface area contributed by atoms with Crippen LogP contribution in [-0.2, 0) is 89.0 Å². The molecule has 0 radical (unpaired) electrons. The second-order valence-electron chi connectivity index (χ2n) is 18.9. The molecule has 8 rings (SSSR count). The highest BCUT2D eigenvalue weighted by Gasteiger charge is 2.46. The van der Waals surface area contributed by atoms with E-state index in [1.54, 1.807) is 50.2 Å². The summed E-state index contributed by atoms with van der Waals surface area (Å²) in [7, 11) is 0. The molecular formula is C52H55FN10O15. The van der Waals surface area contributed by atoms with Gasteiger partial charge >= 0.3 is 11.9 Å². The molecule has 0 fully saturated rings. The van der Waals surface area contributed by atoms with Crippen LogP contribution in [0.15, 0.2) is 59.4 Å². The molecule has 0 saturated heterocycles. The normalized spacial score (nSPS) is 17.9. The Morgan fingerprint density at radius 2 is 1.55 bits per heavy atom. The van der Waals surface area contributed by atoms with Crippen LogP contribution in [0.1, 0.15) is 71.7 Å². The molecule has 8 amide bonds. The number of imide groups is 1. The Morgan fingerprint density at radius 3 is 2.24 bits per heavy atom. The third-order valence-electron chi connectivity index (χ3n) is 14.0. The minimum absolute atomic E-state index is 0.0285. The summed E-state index contributed by atoms with van der Waals surface area (Å²) in [4.78, 5) is 147. The SMILES string of the molecule is CC[C@@]1(O)C(=O)OCc2c1cc1n(c2=O)Cc2c-1nc1cc(F)c(C)c3c1c2[C@@H](NC(=O)[C@H](C)OCNC(=O)CNC(=O)[C@H](Cc1ccccc1)NC(=O)CNC(=O)CNC(=O)[C@H](CNCC(=O)O)N1C(=O)C=CC1=O)CC3. The Hall–Kier alpha value is -8.75. The van der Waals surface area contributed by atoms with Crippen molar-refractivity contribution in [1.29, 1.82) is 0 Å². The van der Waals surface area contributed by atoms with Crippen LogP contribution in [0, 0.1) is 12.7 Å². The van der Waals surface area contributed by atoms with Crippen LogP contribution in [0.4, 0.5) is 4.39 Å². The van der Waals surface area contributed by atoms with Crippen LogP contribution >= 0.6 is 0 Å². The first-order valence-corrected chi connectivity index (χ1v) is 24.8. The molecule has 26 heteroatoms. The number of carboxylic acid groups (broad SMARTS) is 1. The van der Waals surface area contributed by atoms with Gasteiger partial charge in [-0.2, -0.15) is 0 Å². The minimum Gasteiger partial charge on any atom is -0.480 e. The van der Waals surface area contributed by atoms with Crippen LogP contribution in [0.25, 0.3) is 22.3 Å². The first-order valence-electron chi connectivity index (χ1n) is 24.8. The maximum absolute atomic E-state index is 15.4. The van der Waals surface area contributed by atoms with Crippen molar-refractivity contribution in [2.45, 2.75) is 89.4 Å². The van der Waals surface area contributed by atoms with Crippen LogP contribution in [0.2, 0.25) is 0 Å².